The SMILES string of the molecule is O=C(NC(=S)N1CCN(c2ccc([N+](=O)[O-])cc2)CC1)c1ccc(-c2cccc(Cl)c2Cl)o1. The van der Waals surface area contributed by atoms with Crippen LogP contribution >= 0.6 is 35.4 Å². The number of nitro benzene ring substituents is 1. The van der Waals surface area contributed by atoms with Crippen LogP contribution in [-0.4, -0.2) is 47.0 Å². The van der Waals surface area contributed by atoms with Gasteiger partial charge in [0.15, 0.2) is 10.9 Å². The van der Waals surface area contributed by atoms with Crippen molar-refractivity contribution in [1.29, 1.82) is 0 Å². The lowest BCUT2D eigenvalue weighted by Crippen LogP contribution is -2.52. The van der Waals surface area contributed by atoms with Crippen LogP contribution in [0.5, 0.6) is 0 Å². The van der Waals surface area contributed by atoms with Gasteiger partial charge in [0, 0.05) is 49.6 Å². The standard InChI is InChI=1S/C22H18Cl2N4O4S/c23-17-3-1-2-16(20(17)24)18-8-9-19(32-18)21(29)25-22(33)27-12-10-26(11-13-27)14-4-6-15(7-5-14)28(30)31/h1-9H,10-13H2,(H,25,29,33). The minimum absolute atomic E-state index is 0.0555. The van der Waals surface area contributed by atoms with E-state index in [2.05, 4.69) is 10.2 Å². The van der Waals surface area contributed by atoms with Crippen LogP contribution in [0.4, 0.5) is 11.4 Å². The summed E-state index contributed by atoms with van der Waals surface area (Å²) in [5.74, 6) is 0.0744. The molecule has 0 unspecified atom stereocenters. The highest BCUT2D eigenvalue weighted by molar-refractivity contribution is 7.80. The lowest BCUT2D eigenvalue weighted by molar-refractivity contribution is -0.384. The van der Waals surface area contributed by atoms with Crippen LogP contribution in [0, 0.1) is 10.1 Å². The third-order valence-electron chi connectivity index (χ3n) is 5.26. The Bertz CT molecular complexity index is 1210. The van der Waals surface area contributed by atoms with Gasteiger partial charge in [-0.25, -0.2) is 0 Å². The molecule has 0 spiro atoms. The fourth-order valence-electron chi connectivity index (χ4n) is 3.49. The number of hydrogen-bond donors (Lipinski definition) is 1. The van der Waals surface area contributed by atoms with E-state index in [1.165, 1.54) is 12.1 Å². The van der Waals surface area contributed by atoms with E-state index in [9.17, 15) is 14.9 Å². The van der Waals surface area contributed by atoms with Crippen LogP contribution in [0.25, 0.3) is 11.3 Å². The Balaban J connectivity index is 1.34. The highest BCUT2D eigenvalue weighted by Gasteiger charge is 2.22. The van der Waals surface area contributed by atoms with Crippen LogP contribution in [-0.2, 0) is 0 Å². The van der Waals surface area contributed by atoms with Gasteiger partial charge >= 0.3 is 0 Å². The summed E-state index contributed by atoms with van der Waals surface area (Å²) < 4.78 is 5.67. The predicted molar refractivity (Wildman–Crippen MR) is 131 cm³/mol. The highest BCUT2D eigenvalue weighted by atomic mass is 35.5. The van der Waals surface area contributed by atoms with Crippen LogP contribution in [0.15, 0.2) is 59.0 Å². The number of thiocarbonyl (C=S) groups is 1. The number of carbonyl (C=O) groups excluding carboxylic acids is 1. The second-order valence-electron chi connectivity index (χ2n) is 7.27. The molecule has 33 heavy (non-hydrogen) atoms. The summed E-state index contributed by atoms with van der Waals surface area (Å²) in [5, 5.41) is 14.6. The number of piperazine rings is 1. The molecule has 1 aliphatic heterocycles. The first kappa shape index (κ1) is 23.0. The summed E-state index contributed by atoms with van der Waals surface area (Å²) in [6.45, 7) is 2.51. The zero-order valence-electron chi connectivity index (χ0n) is 17.2. The molecule has 2 heterocycles. The molecule has 0 radical (unpaired) electrons. The zero-order valence-corrected chi connectivity index (χ0v) is 19.5. The first-order valence-electron chi connectivity index (χ1n) is 9.97. The molecule has 8 nitrogen and oxygen atoms in total. The van der Waals surface area contributed by atoms with E-state index in [-0.39, 0.29) is 11.4 Å². The number of hydrogen-bond acceptors (Lipinski definition) is 6. The van der Waals surface area contributed by atoms with Gasteiger partial charge in [0.05, 0.1) is 15.0 Å². The number of carbonyl (C=O) groups is 1. The molecule has 1 aliphatic rings. The number of amides is 1. The number of halogens is 2. The molecule has 11 heteroatoms. The van der Waals surface area contributed by atoms with Crippen molar-refractivity contribution in [3.05, 3.63) is 80.5 Å². The molecule has 0 atom stereocenters. The molecule has 0 saturated carbocycles. The van der Waals surface area contributed by atoms with E-state index < -0.39 is 10.8 Å². The first-order chi connectivity index (χ1) is 15.8. The number of non-ortho nitro benzene ring substituents is 1. The molecule has 2 aromatic carbocycles. The van der Waals surface area contributed by atoms with Crippen molar-refractivity contribution in [2.24, 2.45) is 0 Å². The second kappa shape index (κ2) is 9.78. The molecule has 0 aliphatic carbocycles. The number of nitrogens with one attached hydrogen (secondary N) is 1. The van der Waals surface area contributed by atoms with E-state index >= 15 is 0 Å². The number of nitro groups is 1. The Labute approximate surface area is 204 Å². The smallest absolute Gasteiger partial charge is 0.293 e. The van der Waals surface area contributed by atoms with Gasteiger partial charge in [-0.2, -0.15) is 0 Å². The summed E-state index contributed by atoms with van der Waals surface area (Å²) in [6, 6.07) is 14.8. The van der Waals surface area contributed by atoms with Gasteiger partial charge in [-0.1, -0.05) is 29.3 Å². The average Bonchev–Trinajstić information content (AvgIpc) is 3.31. The van der Waals surface area contributed by atoms with Gasteiger partial charge < -0.3 is 14.2 Å². The van der Waals surface area contributed by atoms with E-state index in [1.807, 2.05) is 4.90 Å². The average molecular weight is 505 g/mol. The molecule has 1 N–H and O–H groups in total. The summed E-state index contributed by atoms with van der Waals surface area (Å²) >= 11 is 17.7. The molecule has 170 valence electrons. The van der Waals surface area contributed by atoms with Gasteiger partial charge in [-0.3, -0.25) is 20.2 Å². The minimum atomic E-state index is -0.456. The maximum atomic E-state index is 12.6. The van der Waals surface area contributed by atoms with Gasteiger partial charge in [-0.15, -0.1) is 0 Å². The number of benzene rings is 2. The predicted octanol–water partition coefficient (Wildman–Crippen LogP) is 5.00. The monoisotopic (exact) mass is 504 g/mol. The zero-order chi connectivity index (χ0) is 23.5. The van der Waals surface area contributed by atoms with Crippen LogP contribution in [0.1, 0.15) is 10.6 Å². The molecule has 0 bridgehead atoms. The Morgan fingerprint density at radius 2 is 1.73 bits per heavy atom. The fourth-order valence-corrected chi connectivity index (χ4v) is 4.16. The van der Waals surface area contributed by atoms with Gasteiger partial charge in [0.25, 0.3) is 11.6 Å². The largest absolute Gasteiger partial charge is 0.451 e. The lowest BCUT2D eigenvalue weighted by atomic mass is 10.2. The number of anilines is 1. The lowest BCUT2D eigenvalue weighted by Gasteiger charge is -2.37. The Hall–Kier alpha value is -3.14. The molecule has 4 rings (SSSR count). The van der Waals surface area contributed by atoms with Gasteiger partial charge in [0.1, 0.15) is 5.76 Å². The molecule has 1 saturated heterocycles. The number of nitrogens with zero attached hydrogens (tertiary/aromatic N) is 3. The molecule has 3 aromatic rings. The second-order valence-corrected chi connectivity index (χ2v) is 8.44. The van der Waals surface area contributed by atoms with Crippen LogP contribution in [0.3, 0.4) is 0 Å². The van der Waals surface area contributed by atoms with Crippen molar-refractivity contribution >= 4 is 57.8 Å². The molecule has 1 aromatic heterocycles. The van der Waals surface area contributed by atoms with E-state index in [1.54, 1.807) is 42.5 Å². The molecular weight excluding hydrogens is 487 g/mol. The summed E-state index contributed by atoms with van der Waals surface area (Å²) in [4.78, 5) is 27.0. The maximum absolute atomic E-state index is 12.6. The normalized spacial score (nSPS) is 13.6. The number of furan rings is 1. The van der Waals surface area contributed by atoms with Crippen LogP contribution in [0.2, 0.25) is 10.0 Å². The topological polar surface area (TPSA) is 91.9 Å². The molecule has 1 amide bonds. The summed E-state index contributed by atoms with van der Waals surface area (Å²) in [7, 11) is 0. The minimum Gasteiger partial charge on any atom is -0.451 e. The summed E-state index contributed by atoms with van der Waals surface area (Å²) in [6.07, 6.45) is 0. The van der Waals surface area contributed by atoms with Crippen molar-refractivity contribution in [1.82, 2.24) is 10.2 Å². The third-order valence-corrected chi connectivity index (χ3v) is 6.44. The van der Waals surface area contributed by atoms with Crippen molar-refractivity contribution < 1.29 is 14.1 Å². The quantitative estimate of drug-likeness (QED) is 0.303. The van der Waals surface area contributed by atoms with E-state index in [0.29, 0.717) is 52.7 Å². The van der Waals surface area contributed by atoms with Gasteiger partial charge in [0.2, 0.25) is 0 Å². The first-order valence-corrected chi connectivity index (χ1v) is 11.1. The van der Waals surface area contributed by atoms with E-state index in [4.69, 9.17) is 39.8 Å². The highest BCUT2D eigenvalue weighted by Crippen LogP contribution is 2.34. The fraction of sp³-hybridized carbons (Fsp3) is 0.182. The third kappa shape index (κ3) is 5.11. The van der Waals surface area contributed by atoms with Crippen molar-refractivity contribution in [3.63, 3.8) is 0 Å². The molecular formula is C22H18Cl2N4O4S. The van der Waals surface area contributed by atoms with Crippen molar-refractivity contribution in [2.45, 2.75) is 0 Å². The number of rotatable bonds is 4. The van der Waals surface area contributed by atoms with Crippen LogP contribution < -0.4 is 10.2 Å². The Morgan fingerprint density at radius 1 is 1.03 bits per heavy atom. The van der Waals surface area contributed by atoms with Crippen molar-refractivity contribution in [3.8, 4) is 11.3 Å². The van der Waals surface area contributed by atoms with Crippen molar-refractivity contribution in [2.75, 3.05) is 31.1 Å². The van der Waals surface area contributed by atoms with E-state index in [0.717, 1.165) is 5.69 Å². The Kier molecular flexibility index (Phi) is 6.83. The van der Waals surface area contributed by atoms with Gasteiger partial charge in [-0.05, 0) is 48.6 Å². The summed E-state index contributed by atoms with van der Waals surface area (Å²) in [5.41, 5.74) is 1.55. The molecule has 1 fully saturated rings. The maximum Gasteiger partial charge on any atom is 0.293 e. The Morgan fingerprint density at radius 3 is 2.39 bits per heavy atom.